The van der Waals surface area contributed by atoms with E-state index in [1.807, 2.05) is 6.07 Å². The molecule has 1 aliphatic rings. The number of alkyl halides is 3. The lowest BCUT2D eigenvalue weighted by Gasteiger charge is -2.29. The highest BCUT2D eigenvalue weighted by Crippen LogP contribution is 2.32. The molecular formula is C29H32ClF3N6. The van der Waals surface area contributed by atoms with Crippen LogP contribution in [0.15, 0.2) is 36.5 Å². The van der Waals surface area contributed by atoms with E-state index in [0.717, 1.165) is 36.1 Å². The van der Waals surface area contributed by atoms with Gasteiger partial charge in [-0.3, -0.25) is 4.98 Å². The largest absolute Gasteiger partial charge is 0.406 e. The normalized spacial score (nSPS) is 15.1. The van der Waals surface area contributed by atoms with Gasteiger partial charge in [0.15, 0.2) is 0 Å². The molecule has 1 saturated heterocycles. The number of fused-ring (bicyclic) bond motifs is 1. The van der Waals surface area contributed by atoms with E-state index in [1.54, 1.807) is 44.3 Å². The summed E-state index contributed by atoms with van der Waals surface area (Å²) in [7, 11) is 2.11. The third-order valence-corrected chi connectivity index (χ3v) is 7.23. The fourth-order valence-corrected chi connectivity index (χ4v) is 5.00. The number of aromatic nitrogens is 2. The van der Waals surface area contributed by atoms with Gasteiger partial charge in [0.25, 0.3) is 0 Å². The fraction of sp³-hybridized carbons (Fsp3) is 0.448. The van der Waals surface area contributed by atoms with E-state index in [1.165, 1.54) is 0 Å². The first-order valence-corrected chi connectivity index (χ1v) is 13.2. The number of rotatable bonds is 7. The van der Waals surface area contributed by atoms with Crippen molar-refractivity contribution in [1.82, 2.24) is 19.8 Å². The number of pyridine rings is 1. The molecule has 3 aromatic rings. The summed E-state index contributed by atoms with van der Waals surface area (Å²) in [6.07, 6.45) is -0.707. The Morgan fingerprint density at radius 3 is 2.54 bits per heavy atom. The van der Waals surface area contributed by atoms with E-state index < -0.39 is 18.1 Å². The van der Waals surface area contributed by atoms with Gasteiger partial charge in [-0.05, 0) is 88.6 Å². The average Bonchev–Trinajstić information content (AvgIpc) is 3.22. The number of piperidine rings is 1. The van der Waals surface area contributed by atoms with Crippen LogP contribution in [0.2, 0.25) is 5.02 Å². The smallest absolute Gasteiger partial charge is 0.373 e. The van der Waals surface area contributed by atoms with Crippen molar-refractivity contribution >= 4 is 28.2 Å². The quantitative estimate of drug-likeness (QED) is 0.365. The topological polar surface area (TPSA) is 68.9 Å². The highest BCUT2D eigenvalue weighted by molar-refractivity contribution is 6.35. The molecule has 4 rings (SSSR count). The molecule has 3 heterocycles. The molecule has 0 bridgehead atoms. The molecule has 0 amide bonds. The van der Waals surface area contributed by atoms with Crippen molar-refractivity contribution in [2.24, 2.45) is 0 Å². The zero-order chi connectivity index (χ0) is 28.2. The Bertz CT molecular complexity index is 1400. The summed E-state index contributed by atoms with van der Waals surface area (Å²) in [6, 6.07) is 11.5. The Labute approximate surface area is 232 Å². The van der Waals surface area contributed by atoms with E-state index in [0.29, 0.717) is 34.9 Å². The van der Waals surface area contributed by atoms with E-state index in [9.17, 15) is 18.4 Å². The number of nitrogens with zero attached hydrogens (tertiary/aromatic N) is 4. The molecule has 1 fully saturated rings. The first-order valence-electron chi connectivity index (χ1n) is 12.9. The van der Waals surface area contributed by atoms with Crippen molar-refractivity contribution < 1.29 is 13.2 Å². The molecule has 2 aromatic heterocycles. The van der Waals surface area contributed by atoms with Crippen LogP contribution in [0.3, 0.4) is 0 Å². The van der Waals surface area contributed by atoms with Gasteiger partial charge in [0.1, 0.15) is 6.54 Å². The number of hydrogen-bond donors (Lipinski definition) is 2. The minimum Gasteiger partial charge on any atom is -0.373 e. The van der Waals surface area contributed by atoms with Crippen molar-refractivity contribution in [3.05, 3.63) is 58.5 Å². The van der Waals surface area contributed by atoms with Crippen molar-refractivity contribution in [3.8, 4) is 17.9 Å². The number of hydrogen-bond acceptors (Lipinski definition) is 5. The number of nitrogens with one attached hydrogen (secondary N) is 2. The molecule has 6 nitrogen and oxygen atoms in total. The van der Waals surface area contributed by atoms with Crippen molar-refractivity contribution in [3.63, 3.8) is 0 Å². The van der Waals surface area contributed by atoms with Gasteiger partial charge < -0.3 is 20.1 Å². The second-order valence-corrected chi connectivity index (χ2v) is 10.9. The first kappa shape index (κ1) is 28.8. The predicted octanol–water partition coefficient (Wildman–Crippen LogP) is 5.70. The Balaban J connectivity index is 1.51. The van der Waals surface area contributed by atoms with Gasteiger partial charge in [0.2, 0.25) is 0 Å². The Morgan fingerprint density at radius 1 is 1.15 bits per heavy atom. The maximum Gasteiger partial charge on any atom is 0.406 e. The number of anilines is 1. The van der Waals surface area contributed by atoms with Crippen molar-refractivity contribution in [1.29, 1.82) is 5.26 Å². The lowest BCUT2D eigenvalue weighted by molar-refractivity contribution is -0.140. The molecule has 0 saturated carbocycles. The Morgan fingerprint density at radius 2 is 1.90 bits per heavy atom. The molecule has 0 unspecified atom stereocenters. The van der Waals surface area contributed by atoms with Gasteiger partial charge in [0.05, 0.1) is 51.8 Å². The van der Waals surface area contributed by atoms with Crippen LogP contribution in [0, 0.1) is 23.2 Å². The number of benzene rings is 1. The van der Waals surface area contributed by atoms with Gasteiger partial charge in [-0.1, -0.05) is 17.5 Å². The monoisotopic (exact) mass is 556 g/mol. The predicted molar refractivity (Wildman–Crippen MR) is 149 cm³/mol. The highest BCUT2D eigenvalue weighted by Gasteiger charge is 2.30. The maximum absolute atomic E-state index is 13.5. The summed E-state index contributed by atoms with van der Waals surface area (Å²) in [5.41, 5.74) is 2.14. The molecule has 1 aliphatic heterocycles. The molecule has 0 atom stereocenters. The van der Waals surface area contributed by atoms with E-state index in [-0.39, 0.29) is 17.3 Å². The minimum atomic E-state index is -4.43. The lowest BCUT2D eigenvalue weighted by atomic mass is 9.91. The molecule has 0 spiro atoms. The molecule has 0 aliphatic carbocycles. The maximum atomic E-state index is 13.5. The summed E-state index contributed by atoms with van der Waals surface area (Å²) < 4.78 is 41.6. The van der Waals surface area contributed by atoms with Crippen LogP contribution < -0.4 is 10.6 Å². The number of likely N-dealkylation sites (tertiary alicyclic amines) is 1. The van der Waals surface area contributed by atoms with Gasteiger partial charge in [-0.25, -0.2) is 0 Å². The van der Waals surface area contributed by atoms with Crippen LogP contribution >= 0.6 is 11.6 Å². The first-order chi connectivity index (χ1) is 18.4. The van der Waals surface area contributed by atoms with Gasteiger partial charge in [0, 0.05) is 18.0 Å². The van der Waals surface area contributed by atoms with Crippen LogP contribution in [0.4, 0.5) is 18.9 Å². The number of halogens is 4. The van der Waals surface area contributed by atoms with E-state index in [4.69, 9.17) is 11.6 Å². The van der Waals surface area contributed by atoms with Crippen LogP contribution in [0.1, 0.15) is 43.6 Å². The van der Waals surface area contributed by atoms with Crippen molar-refractivity contribution in [2.75, 3.05) is 32.0 Å². The van der Waals surface area contributed by atoms with Gasteiger partial charge in [-0.2, -0.15) is 18.4 Å². The zero-order valence-electron chi connectivity index (χ0n) is 22.3. The molecule has 0 radical (unpaired) electrons. The van der Waals surface area contributed by atoms with Crippen LogP contribution in [0.5, 0.6) is 0 Å². The van der Waals surface area contributed by atoms with E-state index >= 15 is 0 Å². The van der Waals surface area contributed by atoms with E-state index in [2.05, 4.69) is 45.5 Å². The Hall–Kier alpha value is -3.24. The lowest BCUT2D eigenvalue weighted by Crippen LogP contribution is -2.40. The summed E-state index contributed by atoms with van der Waals surface area (Å²) in [6.45, 7) is 5.27. The standard InChI is InChI=1S/C29H32ClF3N6/c1-28(2,18-34)26-7-6-23(17-37-26)35-10-4-5-24-15-21-13-20(16-36-22-8-11-38(3)12-9-22)14-25(30)27(21)39(24)19-29(31,32)33/h6-7,13-15,17,22,35-36H,8-12,16,19H2,1-3H3. The zero-order valence-corrected chi connectivity index (χ0v) is 23.0. The molecule has 2 N–H and O–H groups in total. The SMILES string of the molecule is CN1CCC(NCc2cc(Cl)c3c(c2)cc(C#CCNc2ccc(C(C)(C)C#N)nc2)n3CC(F)(F)F)CC1. The highest BCUT2D eigenvalue weighted by atomic mass is 35.5. The van der Waals surface area contributed by atoms with Crippen LogP contribution in [-0.4, -0.2) is 53.4 Å². The third-order valence-electron chi connectivity index (χ3n) is 6.94. The van der Waals surface area contributed by atoms with Crippen LogP contribution in [-0.2, 0) is 18.5 Å². The summed E-state index contributed by atoms with van der Waals surface area (Å²) in [4.78, 5) is 6.62. The molecule has 39 heavy (non-hydrogen) atoms. The van der Waals surface area contributed by atoms with Gasteiger partial charge >= 0.3 is 6.18 Å². The molecule has 10 heteroatoms. The minimum absolute atomic E-state index is 0.204. The molecular weight excluding hydrogens is 525 g/mol. The molecule has 206 valence electrons. The third kappa shape index (κ3) is 7.45. The number of nitriles is 1. The second kappa shape index (κ2) is 11.9. The van der Waals surface area contributed by atoms with Gasteiger partial charge in [-0.15, -0.1) is 0 Å². The van der Waals surface area contributed by atoms with Crippen molar-refractivity contribution in [2.45, 2.75) is 57.4 Å². The summed E-state index contributed by atoms with van der Waals surface area (Å²) >= 11 is 6.54. The molecule has 1 aromatic carbocycles. The summed E-state index contributed by atoms with van der Waals surface area (Å²) in [5, 5.41) is 16.8. The van der Waals surface area contributed by atoms with Crippen LogP contribution in [0.25, 0.3) is 10.9 Å². The summed E-state index contributed by atoms with van der Waals surface area (Å²) in [5.74, 6) is 5.79. The average molecular weight is 557 g/mol. The fourth-order valence-electron chi connectivity index (χ4n) is 4.65. The Kier molecular flexibility index (Phi) is 8.76. The second-order valence-electron chi connectivity index (χ2n) is 10.5.